The number of rotatable bonds is 3. The van der Waals surface area contributed by atoms with Crippen molar-refractivity contribution in [3.63, 3.8) is 0 Å². The smallest absolute Gasteiger partial charge is 0.303 e. The molecule has 2 N–H and O–H groups in total. The van der Waals surface area contributed by atoms with Gasteiger partial charge in [-0.2, -0.15) is 0 Å². The molecule has 1 saturated heterocycles. The van der Waals surface area contributed by atoms with Gasteiger partial charge in [-0.1, -0.05) is 0 Å². The second-order valence-electron chi connectivity index (χ2n) is 4.61. The van der Waals surface area contributed by atoms with Crippen molar-refractivity contribution in [1.29, 1.82) is 0 Å². The van der Waals surface area contributed by atoms with E-state index in [9.17, 15) is 19.5 Å². The van der Waals surface area contributed by atoms with Gasteiger partial charge in [0.2, 0.25) is 5.91 Å². The second-order valence-corrected chi connectivity index (χ2v) is 4.61. The Balaban J connectivity index is 3.01. The molecule has 0 aliphatic carbocycles. The third-order valence-electron chi connectivity index (χ3n) is 2.78. The molecule has 1 fully saturated rings. The molecular weight excluding hydrogens is 270 g/mol. The Morgan fingerprint density at radius 2 is 1.55 bits per heavy atom. The highest BCUT2D eigenvalue weighted by Gasteiger charge is 2.48. The van der Waals surface area contributed by atoms with Gasteiger partial charge in [-0.05, 0) is 6.92 Å². The molecular formula is C12H19NO7. The molecule has 1 aliphatic heterocycles. The van der Waals surface area contributed by atoms with E-state index in [0.29, 0.717) is 0 Å². The Morgan fingerprint density at radius 1 is 1.05 bits per heavy atom. The monoisotopic (exact) mass is 289 g/mol. The number of hydrogen-bond acceptors (Lipinski definition) is 7. The summed E-state index contributed by atoms with van der Waals surface area (Å²) in [5.74, 6) is -1.63. The number of aliphatic hydroxyl groups is 1. The van der Waals surface area contributed by atoms with Gasteiger partial charge in [0.25, 0.3) is 0 Å². The van der Waals surface area contributed by atoms with Crippen LogP contribution in [0, 0.1) is 0 Å². The third kappa shape index (κ3) is 4.17. The predicted molar refractivity (Wildman–Crippen MR) is 65.3 cm³/mol. The molecule has 0 saturated carbocycles. The summed E-state index contributed by atoms with van der Waals surface area (Å²) in [5.41, 5.74) is 0. The predicted octanol–water partition coefficient (Wildman–Crippen LogP) is -0.908. The molecule has 0 bridgehead atoms. The van der Waals surface area contributed by atoms with Crippen LogP contribution in [-0.2, 0) is 28.6 Å². The van der Waals surface area contributed by atoms with Crippen LogP contribution in [0.3, 0.4) is 0 Å². The maximum atomic E-state index is 11.3. The van der Waals surface area contributed by atoms with Crippen LogP contribution in [0.15, 0.2) is 0 Å². The zero-order valence-corrected chi connectivity index (χ0v) is 11.8. The van der Waals surface area contributed by atoms with Crippen LogP contribution < -0.4 is 5.32 Å². The highest BCUT2D eigenvalue weighted by atomic mass is 16.7. The van der Waals surface area contributed by atoms with Crippen LogP contribution in [0.5, 0.6) is 0 Å². The van der Waals surface area contributed by atoms with Crippen molar-refractivity contribution in [1.82, 2.24) is 5.32 Å². The first-order valence-corrected chi connectivity index (χ1v) is 6.17. The number of carbonyl (C=O) groups excluding carboxylic acids is 3. The summed E-state index contributed by atoms with van der Waals surface area (Å²) in [6.45, 7) is 5.22. The Bertz CT molecular complexity index is 369. The van der Waals surface area contributed by atoms with Gasteiger partial charge in [-0.3, -0.25) is 14.4 Å². The topological polar surface area (TPSA) is 111 Å². The van der Waals surface area contributed by atoms with Gasteiger partial charge >= 0.3 is 11.9 Å². The molecule has 1 amide bonds. The van der Waals surface area contributed by atoms with E-state index < -0.39 is 48.5 Å². The van der Waals surface area contributed by atoms with Crippen molar-refractivity contribution >= 4 is 17.8 Å². The molecule has 5 atom stereocenters. The molecule has 114 valence electrons. The largest absolute Gasteiger partial charge is 0.457 e. The van der Waals surface area contributed by atoms with Crippen molar-refractivity contribution in [2.75, 3.05) is 0 Å². The SMILES string of the molecule is CC(=O)NC1C(OC(C)=O)C(C)OC(O)C1OC(C)=O. The van der Waals surface area contributed by atoms with Gasteiger partial charge in [0.05, 0.1) is 6.10 Å². The van der Waals surface area contributed by atoms with Crippen molar-refractivity contribution in [2.24, 2.45) is 0 Å². The minimum atomic E-state index is -1.42. The van der Waals surface area contributed by atoms with Crippen LogP contribution in [0.2, 0.25) is 0 Å². The highest BCUT2D eigenvalue weighted by Crippen LogP contribution is 2.25. The average molecular weight is 289 g/mol. The summed E-state index contributed by atoms with van der Waals surface area (Å²) in [6, 6.07) is -0.890. The molecule has 8 heteroatoms. The van der Waals surface area contributed by atoms with Crippen molar-refractivity contribution in [2.45, 2.75) is 58.3 Å². The second kappa shape index (κ2) is 6.67. The van der Waals surface area contributed by atoms with Crippen LogP contribution in [-0.4, -0.2) is 53.6 Å². The normalized spacial score (nSPS) is 33.1. The number of aliphatic hydroxyl groups excluding tert-OH is 1. The van der Waals surface area contributed by atoms with Gasteiger partial charge in [0, 0.05) is 20.8 Å². The molecule has 1 rings (SSSR count). The van der Waals surface area contributed by atoms with E-state index in [-0.39, 0.29) is 0 Å². The Hall–Kier alpha value is -1.67. The van der Waals surface area contributed by atoms with E-state index in [1.54, 1.807) is 6.92 Å². The lowest BCUT2D eigenvalue weighted by atomic mass is 9.96. The molecule has 0 radical (unpaired) electrons. The molecule has 0 aromatic carbocycles. The van der Waals surface area contributed by atoms with E-state index in [2.05, 4.69) is 5.32 Å². The van der Waals surface area contributed by atoms with Crippen LogP contribution in [0.1, 0.15) is 27.7 Å². The molecule has 0 aromatic heterocycles. The number of nitrogens with one attached hydrogen (secondary N) is 1. The minimum Gasteiger partial charge on any atom is -0.457 e. The summed E-state index contributed by atoms with van der Waals surface area (Å²) < 4.78 is 15.2. The lowest BCUT2D eigenvalue weighted by Gasteiger charge is -2.42. The fourth-order valence-electron chi connectivity index (χ4n) is 2.11. The Labute approximate surface area is 116 Å². The van der Waals surface area contributed by atoms with Crippen LogP contribution >= 0.6 is 0 Å². The maximum absolute atomic E-state index is 11.3. The zero-order chi connectivity index (χ0) is 15.4. The van der Waals surface area contributed by atoms with E-state index >= 15 is 0 Å². The number of carbonyl (C=O) groups is 3. The van der Waals surface area contributed by atoms with Gasteiger partial charge in [0.1, 0.15) is 6.04 Å². The molecule has 5 unspecified atom stereocenters. The lowest BCUT2D eigenvalue weighted by Crippen LogP contribution is -2.65. The third-order valence-corrected chi connectivity index (χ3v) is 2.78. The quantitative estimate of drug-likeness (QED) is 0.647. The molecule has 0 aromatic rings. The van der Waals surface area contributed by atoms with Crippen molar-refractivity contribution in [3.05, 3.63) is 0 Å². The molecule has 1 aliphatic rings. The number of hydrogen-bond donors (Lipinski definition) is 2. The number of ether oxygens (including phenoxy) is 3. The van der Waals surface area contributed by atoms with Crippen LogP contribution in [0.4, 0.5) is 0 Å². The van der Waals surface area contributed by atoms with Crippen LogP contribution in [0.25, 0.3) is 0 Å². The van der Waals surface area contributed by atoms with E-state index in [1.165, 1.54) is 13.8 Å². The highest BCUT2D eigenvalue weighted by molar-refractivity contribution is 5.74. The first-order valence-electron chi connectivity index (χ1n) is 6.17. The zero-order valence-electron chi connectivity index (χ0n) is 11.8. The summed E-state index contributed by atoms with van der Waals surface area (Å²) in [5, 5.41) is 12.4. The van der Waals surface area contributed by atoms with Gasteiger partial charge in [-0.15, -0.1) is 0 Å². The van der Waals surface area contributed by atoms with Gasteiger partial charge in [-0.25, -0.2) is 0 Å². The fraction of sp³-hybridized carbons (Fsp3) is 0.750. The molecule has 1 heterocycles. The van der Waals surface area contributed by atoms with E-state index in [1.807, 2.05) is 0 Å². The summed E-state index contributed by atoms with van der Waals surface area (Å²) in [4.78, 5) is 33.5. The standard InChI is InChI=1S/C12H19NO7/c1-5-10(19-7(3)15)9(13-6(2)14)11(12(17)18-5)20-8(4)16/h5,9-12,17H,1-4H3,(H,13,14). The van der Waals surface area contributed by atoms with Gasteiger partial charge < -0.3 is 24.6 Å². The Morgan fingerprint density at radius 3 is 2.00 bits per heavy atom. The van der Waals surface area contributed by atoms with E-state index in [4.69, 9.17) is 14.2 Å². The Kier molecular flexibility index (Phi) is 5.46. The summed E-state index contributed by atoms with van der Waals surface area (Å²) >= 11 is 0. The first kappa shape index (κ1) is 16.4. The minimum absolute atomic E-state index is 0.411. The molecule has 20 heavy (non-hydrogen) atoms. The number of amides is 1. The molecule has 0 spiro atoms. The van der Waals surface area contributed by atoms with Crippen molar-refractivity contribution < 1.29 is 33.7 Å². The average Bonchev–Trinajstić information content (AvgIpc) is 2.27. The first-order chi connectivity index (χ1) is 9.22. The maximum Gasteiger partial charge on any atom is 0.303 e. The van der Waals surface area contributed by atoms with Gasteiger partial charge in [0.15, 0.2) is 18.5 Å². The fourth-order valence-corrected chi connectivity index (χ4v) is 2.11. The lowest BCUT2D eigenvalue weighted by molar-refractivity contribution is -0.261. The summed E-state index contributed by atoms with van der Waals surface area (Å²) in [6.07, 6.45) is -4.11. The number of esters is 2. The van der Waals surface area contributed by atoms with Crippen molar-refractivity contribution in [3.8, 4) is 0 Å². The van der Waals surface area contributed by atoms with E-state index in [0.717, 1.165) is 6.92 Å². The summed E-state index contributed by atoms with van der Waals surface area (Å²) in [7, 11) is 0. The molecule has 8 nitrogen and oxygen atoms in total.